The molecule has 0 aliphatic carbocycles. The van der Waals surface area contributed by atoms with Gasteiger partial charge in [-0.2, -0.15) is 0 Å². The zero-order valence-corrected chi connectivity index (χ0v) is 15.4. The molecule has 0 amide bonds. The van der Waals surface area contributed by atoms with E-state index in [1.165, 1.54) is 22.3 Å². The van der Waals surface area contributed by atoms with Crippen LogP contribution < -0.4 is 0 Å². The lowest BCUT2D eigenvalue weighted by Crippen LogP contribution is -2.09. The highest BCUT2D eigenvalue weighted by molar-refractivity contribution is 5.35. The van der Waals surface area contributed by atoms with E-state index in [9.17, 15) is 0 Å². The number of hydrogen-bond donors (Lipinski definition) is 0. The molecule has 118 valence electrons. The van der Waals surface area contributed by atoms with Crippen molar-refractivity contribution in [3.8, 4) is 0 Å². The monoisotopic (exact) mass is 286 g/mol. The summed E-state index contributed by atoms with van der Waals surface area (Å²) in [6.45, 7) is 17.8. The van der Waals surface area contributed by atoms with E-state index in [1.54, 1.807) is 0 Å². The highest BCUT2D eigenvalue weighted by Gasteiger charge is 2.16. The predicted octanol–water partition coefficient (Wildman–Crippen LogP) is 7.17. The van der Waals surface area contributed by atoms with Gasteiger partial charge in [0.25, 0.3) is 0 Å². The quantitative estimate of drug-likeness (QED) is 0.454. The van der Waals surface area contributed by atoms with E-state index in [4.69, 9.17) is 0 Å². The van der Waals surface area contributed by atoms with Crippen molar-refractivity contribution in [2.75, 3.05) is 0 Å². The molecule has 0 aromatic heterocycles. The Kier molecular flexibility index (Phi) is 9.01. The molecule has 0 N–H and O–H groups in total. The fraction of sp³-hybridized carbons (Fsp3) is 0.524. The van der Waals surface area contributed by atoms with E-state index in [-0.39, 0.29) is 5.41 Å². The lowest BCUT2D eigenvalue weighted by atomic mass is 9.82. The number of rotatable bonds is 6. The molecule has 0 atom stereocenters. The first-order valence-corrected chi connectivity index (χ1v) is 8.12. The summed E-state index contributed by atoms with van der Waals surface area (Å²) in [4.78, 5) is 0. The van der Waals surface area contributed by atoms with Crippen LogP contribution in [0.3, 0.4) is 0 Å². The summed E-state index contributed by atoms with van der Waals surface area (Å²) >= 11 is 0. The largest absolute Gasteiger partial charge is 0.0819 e. The van der Waals surface area contributed by atoms with Gasteiger partial charge in [-0.05, 0) is 44.6 Å². The van der Waals surface area contributed by atoms with Crippen molar-refractivity contribution >= 4 is 0 Å². The summed E-state index contributed by atoms with van der Waals surface area (Å²) in [5.41, 5.74) is 5.73. The maximum Gasteiger partial charge on any atom is -0.0132 e. The SMILES string of the molecule is CC/C=C(C)/C=C/C=C(C)/C=C/C(=C(\C)CC)C(C)(C)C. The lowest BCUT2D eigenvalue weighted by Gasteiger charge is -2.23. The van der Waals surface area contributed by atoms with Crippen molar-refractivity contribution in [3.63, 3.8) is 0 Å². The summed E-state index contributed by atoms with van der Waals surface area (Å²) in [6.07, 6.45) is 15.4. The van der Waals surface area contributed by atoms with E-state index in [2.05, 4.69) is 91.8 Å². The molecule has 0 unspecified atom stereocenters. The van der Waals surface area contributed by atoms with Gasteiger partial charge in [-0.3, -0.25) is 0 Å². The average molecular weight is 287 g/mol. The zero-order chi connectivity index (χ0) is 16.5. The van der Waals surface area contributed by atoms with E-state index >= 15 is 0 Å². The van der Waals surface area contributed by atoms with E-state index < -0.39 is 0 Å². The van der Waals surface area contributed by atoms with Gasteiger partial charge in [0.05, 0.1) is 0 Å². The van der Waals surface area contributed by atoms with Crippen LogP contribution >= 0.6 is 0 Å². The fourth-order valence-corrected chi connectivity index (χ4v) is 2.23. The topological polar surface area (TPSA) is 0 Å². The highest BCUT2D eigenvalue weighted by Crippen LogP contribution is 2.30. The van der Waals surface area contributed by atoms with E-state index in [1.807, 2.05) is 0 Å². The molecule has 0 aromatic carbocycles. The second-order valence-electron chi connectivity index (χ2n) is 6.76. The van der Waals surface area contributed by atoms with Crippen LogP contribution in [0.2, 0.25) is 0 Å². The molecule has 0 rings (SSSR count). The smallest absolute Gasteiger partial charge is 0.0132 e. The number of allylic oxidation sites excluding steroid dienone is 10. The molecule has 0 aromatic rings. The lowest BCUT2D eigenvalue weighted by molar-refractivity contribution is 0.510. The van der Waals surface area contributed by atoms with Gasteiger partial charge in [0.2, 0.25) is 0 Å². The van der Waals surface area contributed by atoms with Crippen molar-refractivity contribution in [2.24, 2.45) is 5.41 Å². The first-order chi connectivity index (χ1) is 9.72. The van der Waals surface area contributed by atoms with Gasteiger partial charge in [0, 0.05) is 0 Å². The first kappa shape index (κ1) is 19.7. The van der Waals surface area contributed by atoms with Crippen LogP contribution in [0.25, 0.3) is 0 Å². The van der Waals surface area contributed by atoms with Crippen LogP contribution in [-0.2, 0) is 0 Å². The molecule has 0 fully saturated rings. The second-order valence-corrected chi connectivity index (χ2v) is 6.76. The third kappa shape index (κ3) is 8.55. The summed E-state index contributed by atoms with van der Waals surface area (Å²) < 4.78 is 0. The Morgan fingerprint density at radius 2 is 1.48 bits per heavy atom. The molecule has 0 spiro atoms. The molecular formula is C21H34. The molecule has 0 saturated heterocycles. The summed E-state index contributed by atoms with van der Waals surface area (Å²) in [6, 6.07) is 0. The van der Waals surface area contributed by atoms with Crippen molar-refractivity contribution < 1.29 is 0 Å². The molecular weight excluding hydrogens is 252 g/mol. The van der Waals surface area contributed by atoms with Crippen LogP contribution in [-0.4, -0.2) is 0 Å². The van der Waals surface area contributed by atoms with Crippen LogP contribution in [0.15, 0.2) is 58.7 Å². The molecule has 0 radical (unpaired) electrons. The molecule has 0 heterocycles. The Morgan fingerprint density at radius 1 is 0.857 bits per heavy atom. The predicted molar refractivity (Wildman–Crippen MR) is 98.5 cm³/mol. The molecule has 0 bridgehead atoms. The molecule has 21 heavy (non-hydrogen) atoms. The summed E-state index contributed by atoms with van der Waals surface area (Å²) in [5, 5.41) is 0. The third-order valence-corrected chi connectivity index (χ3v) is 3.56. The van der Waals surface area contributed by atoms with Gasteiger partial charge in [-0.15, -0.1) is 0 Å². The van der Waals surface area contributed by atoms with Crippen LogP contribution in [0.4, 0.5) is 0 Å². The van der Waals surface area contributed by atoms with Crippen molar-refractivity contribution in [3.05, 3.63) is 58.7 Å². The molecule has 0 aliphatic rings. The van der Waals surface area contributed by atoms with Crippen LogP contribution in [0, 0.1) is 5.41 Å². The van der Waals surface area contributed by atoms with Gasteiger partial charge >= 0.3 is 0 Å². The van der Waals surface area contributed by atoms with Gasteiger partial charge in [-0.25, -0.2) is 0 Å². The van der Waals surface area contributed by atoms with Crippen molar-refractivity contribution in [2.45, 2.75) is 68.2 Å². The maximum absolute atomic E-state index is 2.28. The average Bonchev–Trinajstić information content (AvgIpc) is 2.37. The van der Waals surface area contributed by atoms with Crippen LogP contribution in [0.5, 0.6) is 0 Å². The Morgan fingerprint density at radius 3 is 1.95 bits per heavy atom. The van der Waals surface area contributed by atoms with E-state index in [0.717, 1.165) is 12.8 Å². The Hall–Kier alpha value is -1.30. The first-order valence-electron chi connectivity index (χ1n) is 8.12. The molecule has 0 saturated carbocycles. The fourth-order valence-electron chi connectivity index (χ4n) is 2.23. The normalized spacial score (nSPS) is 16.0. The Labute approximate surface area is 133 Å². The minimum Gasteiger partial charge on any atom is -0.0819 e. The zero-order valence-electron chi connectivity index (χ0n) is 15.4. The molecule has 0 nitrogen and oxygen atoms in total. The summed E-state index contributed by atoms with van der Waals surface area (Å²) in [5.74, 6) is 0. The minimum atomic E-state index is 0.202. The van der Waals surface area contributed by atoms with E-state index in [0.29, 0.717) is 0 Å². The maximum atomic E-state index is 2.28. The molecule has 0 aliphatic heterocycles. The Balaban J connectivity index is 5.05. The third-order valence-electron chi connectivity index (χ3n) is 3.56. The second kappa shape index (κ2) is 9.60. The van der Waals surface area contributed by atoms with Crippen molar-refractivity contribution in [1.29, 1.82) is 0 Å². The molecule has 0 heteroatoms. The van der Waals surface area contributed by atoms with Gasteiger partial charge < -0.3 is 0 Å². The summed E-state index contributed by atoms with van der Waals surface area (Å²) in [7, 11) is 0. The highest BCUT2D eigenvalue weighted by atomic mass is 14.2. The number of hydrogen-bond acceptors (Lipinski definition) is 0. The minimum absolute atomic E-state index is 0.202. The van der Waals surface area contributed by atoms with Gasteiger partial charge in [0.1, 0.15) is 0 Å². The van der Waals surface area contributed by atoms with Gasteiger partial charge in [-0.1, -0.05) is 87.8 Å². The Bertz CT molecular complexity index is 457. The standard InChI is InChI=1S/C21H34/c1-9-12-17(3)13-11-14-18(4)15-16-20(19(5)10-2)21(6,7)8/h11-16H,9-10H2,1-8H3/b13-11+,16-15+,17-12+,18-14+,20-19-. The van der Waals surface area contributed by atoms with Crippen molar-refractivity contribution in [1.82, 2.24) is 0 Å². The van der Waals surface area contributed by atoms with Gasteiger partial charge in [0.15, 0.2) is 0 Å². The van der Waals surface area contributed by atoms with Crippen LogP contribution in [0.1, 0.15) is 68.2 Å².